The summed E-state index contributed by atoms with van der Waals surface area (Å²) in [5.74, 6) is 0. The van der Waals surface area contributed by atoms with Crippen LogP contribution in [0.2, 0.25) is 0 Å². The van der Waals surface area contributed by atoms with Crippen LogP contribution in [0.5, 0.6) is 0 Å². The zero-order valence-corrected chi connectivity index (χ0v) is 15.0. The second-order valence-corrected chi connectivity index (χ2v) is 7.88. The van der Waals surface area contributed by atoms with Gasteiger partial charge < -0.3 is 15.0 Å². The number of amides is 2. The zero-order valence-electron chi connectivity index (χ0n) is 14.2. The fourth-order valence-corrected chi connectivity index (χ4v) is 3.29. The van der Waals surface area contributed by atoms with E-state index in [4.69, 9.17) is 4.74 Å². The average Bonchev–Trinajstić information content (AvgIpc) is 2.90. The normalized spacial score (nSPS) is 22.7. The van der Waals surface area contributed by atoms with Crippen molar-refractivity contribution in [3.63, 3.8) is 0 Å². The number of rotatable bonds is 3. The monoisotopic (exact) mass is 325 g/mol. The van der Waals surface area contributed by atoms with Crippen molar-refractivity contribution in [2.45, 2.75) is 58.6 Å². The molecule has 2 atom stereocenters. The summed E-state index contributed by atoms with van der Waals surface area (Å²) in [6.45, 7) is 12.4. The number of hydrogen-bond acceptors (Lipinski definition) is 4. The van der Waals surface area contributed by atoms with Gasteiger partial charge in [0.15, 0.2) is 0 Å². The van der Waals surface area contributed by atoms with Crippen molar-refractivity contribution in [1.29, 1.82) is 0 Å². The molecule has 1 aromatic heterocycles. The van der Waals surface area contributed by atoms with Crippen LogP contribution in [-0.4, -0.2) is 47.8 Å². The summed E-state index contributed by atoms with van der Waals surface area (Å²) in [6, 6.07) is 0.122. The van der Waals surface area contributed by atoms with Gasteiger partial charge in [-0.25, -0.2) is 9.78 Å². The Morgan fingerprint density at radius 1 is 1.50 bits per heavy atom. The lowest BCUT2D eigenvalue weighted by molar-refractivity contribution is -0.0317. The van der Waals surface area contributed by atoms with Crippen molar-refractivity contribution in [3.8, 4) is 0 Å². The van der Waals surface area contributed by atoms with Gasteiger partial charge in [0.05, 0.1) is 29.5 Å². The number of aromatic nitrogens is 1. The first-order chi connectivity index (χ1) is 10.3. The molecule has 2 rings (SSSR count). The molecule has 22 heavy (non-hydrogen) atoms. The summed E-state index contributed by atoms with van der Waals surface area (Å²) >= 11 is 1.69. The topological polar surface area (TPSA) is 54.5 Å². The minimum Gasteiger partial charge on any atom is -0.375 e. The molecule has 0 aliphatic carbocycles. The first-order valence-electron chi connectivity index (χ1n) is 7.88. The molecule has 1 saturated heterocycles. The van der Waals surface area contributed by atoms with Crippen LogP contribution < -0.4 is 5.32 Å². The molecule has 1 aliphatic heterocycles. The largest absolute Gasteiger partial charge is 0.375 e. The van der Waals surface area contributed by atoms with E-state index in [1.54, 1.807) is 11.3 Å². The van der Waals surface area contributed by atoms with Crippen LogP contribution >= 0.6 is 11.3 Å². The van der Waals surface area contributed by atoms with Gasteiger partial charge >= 0.3 is 6.03 Å². The molecule has 2 heterocycles. The third-order valence-electron chi connectivity index (χ3n) is 3.72. The number of carbonyl (C=O) groups is 1. The second-order valence-electron chi connectivity index (χ2n) is 7.02. The van der Waals surface area contributed by atoms with E-state index in [0.29, 0.717) is 19.7 Å². The number of morpholine rings is 1. The van der Waals surface area contributed by atoms with Crippen LogP contribution in [0.1, 0.15) is 45.3 Å². The molecule has 5 nitrogen and oxygen atoms in total. The minimum absolute atomic E-state index is 0.00563. The lowest BCUT2D eigenvalue weighted by Crippen LogP contribution is -2.53. The van der Waals surface area contributed by atoms with Crippen LogP contribution in [0.3, 0.4) is 0 Å². The summed E-state index contributed by atoms with van der Waals surface area (Å²) in [7, 11) is 0. The molecule has 0 saturated carbocycles. The predicted molar refractivity (Wildman–Crippen MR) is 89.5 cm³/mol. The van der Waals surface area contributed by atoms with Gasteiger partial charge in [0.1, 0.15) is 0 Å². The maximum atomic E-state index is 12.3. The molecule has 6 heteroatoms. The number of ether oxygens (including phenoxy) is 1. The Bertz CT molecular complexity index is 510. The molecular weight excluding hydrogens is 298 g/mol. The van der Waals surface area contributed by atoms with Crippen molar-refractivity contribution in [2.75, 3.05) is 19.7 Å². The molecule has 1 fully saturated rings. The van der Waals surface area contributed by atoms with Gasteiger partial charge in [-0.05, 0) is 13.8 Å². The highest BCUT2D eigenvalue weighted by Gasteiger charge is 2.27. The molecule has 124 valence electrons. The van der Waals surface area contributed by atoms with E-state index in [1.165, 1.54) is 0 Å². The van der Waals surface area contributed by atoms with Crippen molar-refractivity contribution < 1.29 is 9.53 Å². The smallest absolute Gasteiger partial charge is 0.317 e. The number of nitrogens with zero attached hydrogens (tertiary/aromatic N) is 2. The summed E-state index contributed by atoms with van der Waals surface area (Å²) in [6.07, 6.45) is 0.877. The van der Waals surface area contributed by atoms with E-state index < -0.39 is 0 Å². The molecule has 1 aliphatic rings. The Balaban J connectivity index is 1.80. The number of hydrogen-bond donors (Lipinski definition) is 1. The summed E-state index contributed by atoms with van der Waals surface area (Å²) in [5.41, 5.74) is 1.14. The first kappa shape index (κ1) is 17.2. The van der Waals surface area contributed by atoms with Crippen LogP contribution in [0.15, 0.2) is 5.38 Å². The molecule has 2 amide bonds. The third kappa shape index (κ3) is 4.43. The molecule has 1 N–H and O–H groups in total. The van der Waals surface area contributed by atoms with Gasteiger partial charge in [-0.15, -0.1) is 11.3 Å². The molecule has 0 spiro atoms. The maximum Gasteiger partial charge on any atom is 0.317 e. The number of nitrogens with one attached hydrogen (secondary N) is 1. The number of thiazole rings is 1. The highest BCUT2D eigenvalue weighted by molar-refractivity contribution is 7.09. The van der Waals surface area contributed by atoms with Crippen LogP contribution in [-0.2, 0) is 16.6 Å². The number of urea groups is 1. The average molecular weight is 325 g/mol. The molecule has 0 unspecified atom stereocenters. The van der Waals surface area contributed by atoms with Crippen LogP contribution in [0, 0.1) is 0 Å². The van der Waals surface area contributed by atoms with Gasteiger partial charge in [-0.1, -0.05) is 20.8 Å². The van der Waals surface area contributed by atoms with Crippen molar-refractivity contribution in [1.82, 2.24) is 15.2 Å². The lowest BCUT2D eigenvalue weighted by atomic mass is 9.98. The van der Waals surface area contributed by atoms with Gasteiger partial charge in [-0.3, -0.25) is 0 Å². The van der Waals surface area contributed by atoms with Gasteiger partial charge in [0.2, 0.25) is 0 Å². The Kier molecular flexibility index (Phi) is 5.45. The lowest BCUT2D eigenvalue weighted by Gasteiger charge is -2.36. The number of carbonyl (C=O) groups excluding carboxylic acids is 1. The highest BCUT2D eigenvalue weighted by atomic mass is 32.1. The fraction of sp³-hybridized carbons (Fsp3) is 0.750. The van der Waals surface area contributed by atoms with Crippen LogP contribution in [0.4, 0.5) is 4.79 Å². The molecule has 0 aromatic carbocycles. The third-order valence-corrected chi connectivity index (χ3v) is 5.04. The summed E-state index contributed by atoms with van der Waals surface area (Å²) < 4.78 is 5.55. The summed E-state index contributed by atoms with van der Waals surface area (Å²) in [4.78, 5) is 18.8. The quantitative estimate of drug-likeness (QED) is 0.930. The van der Waals surface area contributed by atoms with E-state index in [9.17, 15) is 4.79 Å². The van der Waals surface area contributed by atoms with Gasteiger partial charge in [0, 0.05) is 30.3 Å². The molecule has 0 radical (unpaired) electrons. The molecular formula is C16H27N3O2S. The van der Waals surface area contributed by atoms with E-state index in [0.717, 1.165) is 17.1 Å². The standard InChI is InChI=1S/C16H27N3O2S/c1-11-9-21-12(2)8-19(11)15(20)17-7-6-13-10-22-14(18-13)16(3,4)5/h10-12H,6-9H2,1-5H3,(H,17,20)/t11-,12+/m0/s1. The van der Waals surface area contributed by atoms with Gasteiger partial charge in [0.25, 0.3) is 0 Å². The second kappa shape index (κ2) is 6.96. The fourth-order valence-electron chi connectivity index (χ4n) is 2.35. The Hall–Kier alpha value is -1.14. The van der Waals surface area contributed by atoms with Crippen molar-refractivity contribution in [3.05, 3.63) is 16.1 Å². The van der Waals surface area contributed by atoms with Crippen molar-refractivity contribution >= 4 is 17.4 Å². The van der Waals surface area contributed by atoms with E-state index in [-0.39, 0.29) is 23.6 Å². The maximum absolute atomic E-state index is 12.3. The first-order valence-corrected chi connectivity index (χ1v) is 8.76. The Morgan fingerprint density at radius 3 is 2.86 bits per heavy atom. The van der Waals surface area contributed by atoms with Crippen molar-refractivity contribution in [2.24, 2.45) is 0 Å². The Morgan fingerprint density at radius 2 is 2.23 bits per heavy atom. The highest BCUT2D eigenvalue weighted by Crippen LogP contribution is 2.25. The van der Waals surface area contributed by atoms with E-state index in [2.05, 4.69) is 36.5 Å². The van der Waals surface area contributed by atoms with E-state index >= 15 is 0 Å². The SMILES string of the molecule is C[C@@H]1CN(C(=O)NCCc2csc(C(C)(C)C)n2)[C@@H](C)CO1. The summed E-state index contributed by atoms with van der Waals surface area (Å²) in [5, 5.41) is 6.23. The molecule has 0 bridgehead atoms. The van der Waals surface area contributed by atoms with E-state index in [1.807, 2.05) is 18.7 Å². The van der Waals surface area contributed by atoms with Gasteiger partial charge in [-0.2, -0.15) is 0 Å². The van der Waals surface area contributed by atoms with Crippen LogP contribution in [0.25, 0.3) is 0 Å². The Labute approximate surface area is 137 Å². The zero-order chi connectivity index (χ0) is 16.3. The minimum atomic E-state index is -0.00563. The molecule has 1 aromatic rings. The predicted octanol–water partition coefficient (Wildman–Crippen LogP) is 2.80.